The minimum atomic E-state index is -1.36. The number of aliphatic hydroxyl groups is 3. The lowest BCUT2D eigenvalue weighted by Gasteiger charge is -2.29. The van der Waals surface area contributed by atoms with Gasteiger partial charge in [0.05, 0.1) is 19.8 Å². The fourth-order valence-corrected chi connectivity index (χ4v) is 1.39. The van der Waals surface area contributed by atoms with E-state index in [2.05, 4.69) is 5.32 Å². The Morgan fingerprint density at radius 2 is 1.93 bits per heavy atom. The molecule has 15 heavy (non-hydrogen) atoms. The summed E-state index contributed by atoms with van der Waals surface area (Å²) < 4.78 is 5.14. The van der Waals surface area contributed by atoms with Crippen molar-refractivity contribution < 1.29 is 24.9 Å². The highest BCUT2D eigenvalue weighted by molar-refractivity contribution is 5.81. The van der Waals surface area contributed by atoms with Crippen LogP contribution in [0.4, 0.5) is 0 Å². The number of carbonyl (C=O) groups excluding carboxylic acids is 1. The predicted octanol–water partition coefficient (Wildman–Crippen LogP) is -2.00. The Labute approximate surface area is 87.9 Å². The molecule has 0 radical (unpaired) electrons. The molecule has 0 spiro atoms. The Balaban J connectivity index is 2.53. The van der Waals surface area contributed by atoms with Crippen LogP contribution in [-0.2, 0) is 9.53 Å². The molecule has 1 aliphatic heterocycles. The Morgan fingerprint density at radius 1 is 1.33 bits per heavy atom. The Bertz CT molecular complexity index is 202. The SMILES string of the molecule is O=C(NC(CO)(CO)CO)C1CCCO1. The Kier molecular flexibility index (Phi) is 4.46. The molecule has 0 bridgehead atoms. The number of hydrogen-bond acceptors (Lipinski definition) is 5. The number of nitrogens with one attached hydrogen (secondary N) is 1. The van der Waals surface area contributed by atoms with Gasteiger partial charge >= 0.3 is 0 Å². The van der Waals surface area contributed by atoms with Gasteiger partial charge in [0.25, 0.3) is 0 Å². The van der Waals surface area contributed by atoms with Crippen molar-refractivity contribution in [3.8, 4) is 0 Å². The standard InChI is InChI=1S/C9H17NO5/c11-4-9(5-12,6-13)10-8(14)7-2-1-3-15-7/h7,11-13H,1-6H2,(H,10,14). The largest absolute Gasteiger partial charge is 0.394 e. The van der Waals surface area contributed by atoms with E-state index in [9.17, 15) is 4.79 Å². The van der Waals surface area contributed by atoms with Crippen molar-refractivity contribution in [3.05, 3.63) is 0 Å². The molecule has 1 atom stereocenters. The summed E-state index contributed by atoms with van der Waals surface area (Å²) in [6, 6.07) is 0. The number of ether oxygens (including phenoxy) is 1. The number of carbonyl (C=O) groups is 1. The van der Waals surface area contributed by atoms with Gasteiger partial charge in [-0.05, 0) is 12.8 Å². The molecule has 1 rings (SSSR count). The molecular weight excluding hydrogens is 202 g/mol. The van der Waals surface area contributed by atoms with Gasteiger partial charge in [-0.3, -0.25) is 4.79 Å². The fraction of sp³-hybridized carbons (Fsp3) is 0.889. The Morgan fingerprint density at radius 3 is 2.33 bits per heavy atom. The van der Waals surface area contributed by atoms with Gasteiger partial charge < -0.3 is 25.4 Å². The average Bonchev–Trinajstić information content (AvgIpc) is 2.79. The molecule has 1 heterocycles. The van der Waals surface area contributed by atoms with E-state index >= 15 is 0 Å². The summed E-state index contributed by atoms with van der Waals surface area (Å²) >= 11 is 0. The molecule has 0 saturated carbocycles. The maximum absolute atomic E-state index is 11.6. The summed E-state index contributed by atoms with van der Waals surface area (Å²) in [4.78, 5) is 11.6. The molecule has 1 unspecified atom stereocenters. The van der Waals surface area contributed by atoms with Crippen molar-refractivity contribution in [2.45, 2.75) is 24.5 Å². The normalized spacial score (nSPS) is 21.7. The molecule has 1 amide bonds. The number of hydrogen-bond donors (Lipinski definition) is 4. The topological polar surface area (TPSA) is 99.0 Å². The first-order chi connectivity index (χ1) is 7.17. The first kappa shape index (κ1) is 12.4. The summed E-state index contributed by atoms with van der Waals surface area (Å²) in [6.07, 6.45) is 0.918. The van der Waals surface area contributed by atoms with Crippen LogP contribution in [-0.4, -0.2) is 59.3 Å². The van der Waals surface area contributed by atoms with Crippen molar-refractivity contribution in [3.63, 3.8) is 0 Å². The van der Waals surface area contributed by atoms with E-state index in [1.54, 1.807) is 0 Å². The third kappa shape index (κ3) is 2.88. The predicted molar refractivity (Wildman–Crippen MR) is 51.1 cm³/mol. The third-order valence-corrected chi connectivity index (χ3v) is 2.52. The van der Waals surface area contributed by atoms with Gasteiger partial charge in [0.15, 0.2) is 0 Å². The molecule has 1 fully saturated rings. The minimum absolute atomic E-state index is 0.398. The van der Waals surface area contributed by atoms with E-state index in [-0.39, 0.29) is 0 Å². The lowest BCUT2D eigenvalue weighted by molar-refractivity contribution is -0.134. The van der Waals surface area contributed by atoms with Gasteiger partial charge in [0.2, 0.25) is 5.91 Å². The Hall–Kier alpha value is -0.690. The summed E-state index contributed by atoms with van der Waals surface area (Å²) in [5.41, 5.74) is -1.36. The fourth-order valence-electron chi connectivity index (χ4n) is 1.39. The molecule has 1 saturated heterocycles. The summed E-state index contributed by atoms with van der Waals surface area (Å²) in [7, 11) is 0. The summed E-state index contributed by atoms with van der Waals surface area (Å²) in [6.45, 7) is -1.00. The van der Waals surface area contributed by atoms with E-state index in [0.717, 1.165) is 6.42 Å². The maximum Gasteiger partial charge on any atom is 0.249 e. The highest BCUT2D eigenvalue weighted by atomic mass is 16.5. The molecule has 1 aliphatic rings. The summed E-state index contributed by atoms with van der Waals surface area (Å²) in [5.74, 6) is -0.398. The number of rotatable bonds is 5. The molecule has 0 aliphatic carbocycles. The van der Waals surface area contributed by atoms with Crippen molar-refractivity contribution in [1.29, 1.82) is 0 Å². The van der Waals surface area contributed by atoms with Crippen molar-refractivity contribution >= 4 is 5.91 Å². The quantitative estimate of drug-likeness (QED) is 0.428. The molecule has 0 aromatic rings. The van der Waals surface area contributed by atoms with E-state index in [4.69, 9.17) is 20.1 Å². The van der Waals surface area contributed by atoms with Crippen LogP contribution in [0, 0.1) is 0 Å². The first-order valence-corrected chi connectivity index (χ1v) is 4.93. The zero-order valence-electron chi connectivity index (χ0n) is 8.48. The smallest absolute Gasteiger partial charge is 0.249 e. The van der Waals surface area contributed by atoms with Crippen LogP contribution in [0.1, 0.15) is 12.8 Å². The summed E-state index contributed by atoms with van der Waals surface area (Å²) in [5, 5.41) is 29.4. The monoisotopic (exact) mass is 219 g/mol. The zero-order chi connectivity index (χ0) is 11.3. The molecule has 4 N–H and O–H groups in total. The van der Waals surface area contributed by atoms with Gasteiger partial charge in [-0.25, -0.2) is 0 Å². The third-order valence-electron chi connectivity index (χ3n) is 2.52. The van der Waals surface area contributed by atoms with Gasteiger partial charge in [-0.15, -0.1) is 0 Å². The van der Waals surface area contributed by atoms with Crippen molar-refractivity contribution in [2.75, 3.05) is 26.4 Å². The first-order valence-electron chi connectivity index (χ1n) is 4.93. The van der Waals surface area contributed by atoms with Crippen LogP contribution in [0.15, 0.2) is 0 Å². The van der Waals surface area contributed by atoms with Crippen LogP contribution in [0.2, 0.25) is 0 Å². The van der Waals surface area contributed by atoms with E-state index in [0.29, 0.717) is 13.0 Å². The number of aliphatic hydroxyl groups excluding tert-OH is 3. The van der Waals surface area contributed by atoms with Crippen LogP contribution in [0.5, 0.6) is 0 Å². The molecule has 0 aromatic heterocycles. The molecule has 88 valence electrons. The zero-order valence-corrected chi connectivity index (χ0v) is 8.48. The van der Waals surface area contributed by atoms with E-state index < -0.39 is 37.4 Å². The molecule has 6 heteroatoms. The van der Waals surface area contributed by atoms with Crippen LogP contribution >= 0.6 is 0 Å². The lowest BCUT2D eigenvalue weighted by Crippen LogP contribution is -2.59. The van der Waals surface area contributed by atoms with Gasteiger partial charge in [-0.2, -0.15) is 0 Å². The second-order valence-corrected chi connectivity index (χ2v) is 3.75. The van der Waals surface area contributed by atoms with Crippen LogP contribution in [0.25, 0.3) is 0 Å². The van der Waals surface area contributed by atoms with Crippen LogP contribution < -0.4 is 5.32 Å². The highest BCUT2D eigenvalue weighted by Gasteiger charge is 2.34. The van der Waals surface area contributed by atoms with E-state index in [1.807, 2.05) is 0 Å². The number of amides is 1. The second kappa shape index (κ2) is 5.41. The highest BCUT2D eigenvalue weighted by Crippen LogP contribution is 2.13. The van der Waals surface area contributed by atoms with Gasteiger partial charge in [0, 0.05) is 6.61 Å². The average molecular weight is 219 g/mol. The lowest BCUT2D eigenvalue weighted by atomic mass is 10.0. The maximum atomic E-state index is 11.6. The minimum Gasteiger partial charge on any atom is -0.394 e. The second-order valence-electron chi connectivity index (χ2n) is 3.75. The van der Waals surface area contributed by atoms with Crippen molar-refractivity contribution in [1.82, 2.24) is 5.32 Å². The molecule has 6 nitrogen and oxygen atoms in total. The van der Waals surface area contributed by atoms with Gasteiger partial charge in [-0.1, -0.05) is 0 Å². The van der Waals surface area contributed by atoms with Crippen LogP contribution in [0.3, 0.4) is 0 Å². The van der Waals surface area contributed by atoms with E-state index in [1.165, 1.54) is 0 Å². The van der Waals surface area contributed by atoms with Crippen molar-refractivity contribution in [2.24, 2.45) is 0 Å². The van der Waals surface area contributed by atoms with Gasteiger partial charge in [0.1, 0.15) is 11.6 Å². The molecule has 0 aromatic carbocycles. The molecular formula is C9H17NO5.